The molecule has 4 heteroatoms. The van der Waals surface area contributed by atoms with Crippen LogP contribution in [0, 0.1) is 0 Å². The Morgan fingerprint density at radius 2 is 2.07 bits per heavy atom. The van der Waals surface area contributed by atoms with Crippen LogP contribution in [-0.2, 0) is 0 Å². The van der Waals surface area contributed by atoms with Gasteiger partial charge in [-0.2, -0.15) is 0 Å². The van der Waals surface area contributed by atoms with Crippen LogP contribution >= 0.6 is 0 Å². The minimum absolute atomic E-state index is 0.0591. The lowest BCUT2D eigenvalue weighted by Crippen LogP contribution is -2.51. The summed E-state index contributed by atoms with van der Waals surface area (Å²) in [7, 11) is 0. The SMILES string of the molecule is CC(C)(C)NC(=O)NC1CCCCNC1. The molecule has 1 aliphatic rings. The molecule has 0 aromatic rings. The van der Waals surface area contributed by atoms with E-state index in [2.05, 4.69) is 16.0 Å². The fraction of sp³-hybridized carbons (Fsp3) is 0.909. The largest absolute Gasteiger partial charge is 0.334 e. The number of hydrogen-bond acceptors (Lipinski definition) is 2. The monoisotopic (exact) mass is 213 g/mol. The summed E-state index contributed by atoms with van der Waals surface area (Å²) in [6.45, 7) is 7.91. The molecule has 1 atom stereocenters. The third-order valence-electron chi connectivity index (χ3n) is 2.37. The van der Waals surface area contributed by atoms with Crippen molar-refractivity contribution in [2.75, 3.05) is 13.1 Å². The van der Waals surface area contributed by atoms with Gasteiger partial charge in [-0.3, -0.25) is 0 Å². The summed E-state index contributed by atoms with van der Waals surface area (Å²) in [5, 5.41) is 9.23. The molecular formula is C11H23N3O. The molecule has 4 nitrogen and oxygen atoms in total. The van der Waals surface area contributed by atoms with E-state index in [-0.39, 0.29) is 17.6 Å². The van der Waals surface area contributed by atoms with Crippen molar-refractivity contribution in [2.24, 2.45) is 0 Å². The Morgan fingerprint density at radius 1 is 1.33 bits per heavy atom. The molecule has 1 fully saturated rings. The zero-order chi connectivity index (χ0) is 11.3. The van der Waals surface area contributed by atoms with Crippen LogP contribution in [0.3, 0.4) is 0 Å². The number of nitrogens with one attached hydrogen (secondary N) is 3. The molecule has 2 amide bonds. The Labute approximate surface area is 92.2 Å². The van der Waals surface area contributed by atoms with E-state index < -0.39 is 0 Å². The van der Waals surface area contributed by atoms with Gasteiger partial charge in [-0.25, -0.2) is 4.79 Å². The van der Waals surface area contributed by atoms with E-state index in [1.165, 1.54) is 12.8 Å². The molecule has 1 aliphatic heterocycles. The van der Waals surface area contributed by atoms with Gasteiger partial charge in [0, 0.05) is 18.1 Å². The summed E-state index contributed by atoms with van der Waals surface area (Å²) in [4.78, 5) is 11.6. The lowest BCUT2D eigenvalue weighted by atomic mass is 10.1. The first-order valence-corrected chi connectivity index (χ1v) is 5.77. The van der Waals surface area contributed by atoms with Gasteiger partial charge in [0.15, 0.2) is 0 Å². The predicted octanol–water partition coefficient (Wildman–Crippen LogP) is 1.23. The molecular weight excluding hydrogens is 190 g/mol. The molecule has 1 saturated heterocycles. The van der Waals surface area contributed by atoms with E-state index >= 15 is 0 Å². The Kier molecular flexibility index (Phi) is 4.39. The van der Waals surface area contributed by atoms with Crippen LogP contribution < -0.4 is 16.0 Å². The Hall–Kier alpha value is -0.770. The maximum absolute atomic E-state index is 11.6. The first-order chi connectivity index (χ1) is 6.97. The van der Waals surface area contributed by atoms with Crippen molar-refractivity contribution >= 4 is 6.03 Å². The van der Waals surface area contributed by atoms with Crippen LogP contribution in [-0.4, -0.2) is 30.7 Å². The van der Waals surface area contributed by atoms with Gasteiger partial charge >= 0.3 is 6.03 Å². The maximum Gasteiger partial charge on any atom is 0.315 e. The summed E-state index contributed by atoms with van der Waals surface area (Å²) >= 11 is 0. The first kappa shape index (κ1) is 12.3. The Balaban J connectivity index is 2.30. The molecule has 0 aromatic heterocycles. The van der Waals surface area contributed by atoms with Crippen LogP contribution in [0.25, 0.3) is 0 Å². The van der Waals surface area contributed by atoms with Gasteiger partial charge in [-0.1, -0.05) is 6.42 Å². The molecule has 0 spiro atoms. The van der Waals surface area contributed by atoms with Gasteiger partial charge in [0.1, 0.15) is 0 Å². The van der Waals surface area contributed by atoms with Crippen molar-refractivity contribution in [3.8, 4) is 0 Å². The molecule has 15 heavy (non-hydrogen) atoms. The summed E-state index contributed by atoms with van der Waals surface area (Å²) in [6, 6.07) is 0.214. The van der Waals surface area contributed by atoms with Gasteiger partial charge < -0.3 is 16.0 Å². The van der Waals surface area contributed by atoms with Crippen LogP contribution in [0.15, 0.2) is 0 Å². The number of amides is 2. The van der Waals surface area contributed by atoms with Gasteiger partial charge in [-0.15, -0.1) is 0 Å². The number of rotatable bonds is 1. The second-order valence-electron chi connectivity index (χ2n) is 5.25. The van der Waals surface area contributed by atoms with E-state index in [9.17, 15) is 4.79 Å². The third-order valence-corrected chi connectivity index (χ3v) is 2.37. The van der Waals surface area contributed by atoms with Gasteiger partial charge in [-0.05, 0) is 40.2 Å². The third kappa shape index (κ3) is 5.62. The molecule has 0 saturated carbocycles. The normalized spacial score (nSPS) is 23.0. The average molecular weight is 213 g/mol. The topological polar surface area (TPSA) is 53.2 Å². The van der Waals surface area contributed by atoms with E-state index in [0.717, 1.165) is 19.5 Å². The standard InChI is InChI=1S/C11H23N3O/c1-11(2,3)14-10(15)13-9-6-4-5-7-12-8-9/h9,12H,4-8H2,1-3H3,(H2,13,14,15). The fourth-order valence-electron chi connectivity index (χ4n) is 1.70. The van der Waals surface area contributed by atoms with Crippen molar-refractivity contribution in [1.82, 2.24) is 16.0 Å². The molecule has 0 radical (unpaired) electrons. The summed E-state index contributed by atoms with van der Waals surface area (Å²) in [5.74, 6) is 0. The van der Waals surface area contributed by atoms with Gasteiger partial charge in [0.2, 0.25) is 0 Å². The molecule has 0 bridgehead atoms. The molecule has 88 valence electrons. The van der Waals surface area contributed by atoms with Crippen molar-refractivity contribution < 1.29 is 4.79 Å². The number of carbonyl (C=O) groups is 1. The number of carbonyl (C=O) groups excluding carboxylic acids is 1. The highest BCUT2D eigenvalue weighted by atomic mass is 16.2. The minimum Gasteiger partial charge on any atom is -0.334 e. The second-order valence-corrected chi connectivity index (χ2v) is 5.25. The van der Waals surface area contributed by atoms with Crippen molar-refractivity contribution in [3.63, 3.8) is 0 Å². The van der Waals surface area contributed by atoms with Gasteiger partial charge in [0.05, 0.1) is 0 Å². The van der Waals surface area contributed by atoms with Crippen molar-refractivity contribution in [2.45, 2.75) is 51.6 Å². The zero-order valence-corrected chi connectivity index (χ0v) is 10.0. The van der Waals surface area contributed by atoms with Crippen molar-refractivity contribution in [1.29, 1.82) is 0 Å². The predicted molar refractivity (Wildman–Crippen MR) is 61.9 cm³/mol. The molecule has 0 aromatic carbocycles. The lowest BCUT2D eigenvalue weighted by molar-refractivity contribution is 0.227. The van der Waals surface area contributed by atoms with E-state index in [1.54, 1.807) is 0 Å². The highest BCUT2D eigenvalue weighted by Gasteiger charge is 2.17. The van der Waals surface area contributed by atoms with E-state index in [4.69, 9.17) is 0 Å². The average Bonchev–Trinajstić information content (AvgIpc) is 2.28. The Bertz CT molecular complexity index is 202. The van der Waals surface area contributed by atoms with Crippen LogP contribution in [0.5, 0.6) is 0 Å². The zero-order valence-electron chi connectivity index (χ0n) is 10.0. The molecule has 1 rings (SSSR count). The molecule has 1 heterocycles. The Morgan fingerprint density at radius 3 is 2.73 bits per heavy atom. The molecule has 0 aliphatic carbocycles. The molecule has 1 unspecified atom stereocenters. The van der Waals surface area contributed by atoms with E-state index in [1.807, 2.05) is 20.8 Å². The quantitative estimate of drug-likeness (QED) is 0.613. The van der Waals surface area contributed by atoms with Crippen LogP contribution in [0.4, 0.5) is 4.79 Å². The summed E-state index contributed by atoms with van der Waals surface area (Å²) in [5.41, 5.74) is -0.164. The lowest BCUT2D eigenvalue weighted by Gasteiger charge is -2.23. The maximum atomic E-state index is 11.6. The highest BCUT2D eigenvalue weighted by molar-refractivity contribution is 5.75. The fourth-order valence-corrected chi connectivity index (χ4v) is 1.70. The van der Waals surface area contributed by atoms with E-state index in [0.29, 0.717) is 0 Å². The van der Waals surface area contributed by atoms with Crippen LogP contribution in [0.1, 0.15) is 40.0 Å². The summed E-state index contributed by atoms with van der Waals surface area (Å²) < 4.78 is 0. The van der Waals surface area contributed by atoms with Crippen molar-refractivity contribution in [3.05, 3.63) is 0 Å². The number of hydrogen-bond donors (Lipinski definition) is 3. The second kappa shape index (κ2) is 5.35. The molecule has 3 N–H and O–H groups in total. The smallest absolute Gasteiger partial charge is 0.315 e. The number of urea groups is 1. The minimum atomic E-state index is -0.164. The highest BCUT2D eigenvalue weighted by Crippen LogP contribution is 2.04. The summed E-state index contributed by atoms with van der Waals surface area (Å²) in [6.07, 6.45) is 3.47. The van der Waals surface area contributed by atoms with Gasteiger partial charge in [0.25, 0.3) is 0 Å². The first-order valence-electron chi connectivity index (χ1n) is 5.77. The van der Waals surface area contributed by atoms with Crippen LogP contribution in [0.2, 0.25) is 0 Å².